The maximum Gasteiger partial charge on any atom is 0.405 e. The lowest BCUT2D eigenvalue weighted by Gasteiger charge is -2.24. The monoisotopic (exact) mass is 248 g/mol. The molecule has 16 heavy (non-hydrogen) atoms. The molecule has 0 saturated carbocycles. The summed E-state index contributed by atoms with van der Waals surface area (Å²) in [6.45, 7) is 5.59. The molecule has 0 heterocycles. The van der Waals surface area contributed by atoms with Gasteiger partial charge in [0.1, 0.15) is 0 Å². The third-order valence-electron chi connectivity index (χ3n) is 1.63. The Labute approximate surface area is 100 Å². The van der Waals surface area contributed by atoms with Gasteiger partial charge >= 0.3 is 6.09 Å². The van der Waals surface area contributed by atoms with E-state index in [4.69, 9.17) is 10.5 Å². The molecular formula is C10H20N2O3S. The number of primary amides is 1. The number of thioether (sulfide) groups is 1. The first kappa shape index (κ1) is 15.1. The minimum absolute atomic E-state index is 0.305. The number of hydrogen-bond acceptors (Lipinski definition) is 4. The molecule has 0 aliphatic rings. The van der Waals surface area contributed by atoms with Crippen molar-refractivity contribution in [1.29, 1.82) is 0 Å². The van der Waals surface area contributed by atoms with Crippen LogP contribution < -0.4 is 11.1 Å². The smallest absolute Gasteiger partial charge is 0.405 e. The quantitative estimate of drug-likeness (QED) is 0.764. The Morgan fingerprint density at radius 2 is 2.00 bits per heavy atom. The van der Waals surface area contributed by atoms with Gasteiger partial charge in [0.25, 0.3) is 5.91 Å². The van der Waals surface area contributed by atoms with Crippen molar-refractivity contribution in [2.45, 2.75) is 38.8 Å². The molecular weight excluding hydrogens is 228 g/mol. The average Bonchev–Trinajstić information content (AvgIpc) is 2.08. The van der Waals surface area contributed by atoms with Gasteiger partial charge in [0.2, 0.25) is 0 Å². The van der Waals surface area contributed by atoms with E-state index in [9.17, 15) is 9.59 Å². The summed E-state index contributed by atoms with van der Waals surface area (Å²) in [4.78, 5) is 22.4. The Morgan fingerprint density at radius 3 is 2.38 bits per heavy atom. The topological polar surface area (TPSA) is 81.4 Å². The molecule has 5 nitrogen and oxygen atoms in total. The molecule has 1 atom stereocenters. The highest BCUT2D eigenvalue weighted by Gasteiger charge is 2.25. The van der Waals surface area contributed by atoms with E-state index in [1.807, 2.05) is 27.0 Å². The minimum atomic E-state index is -0.921. The number of nitrogens with two attached hydrogens (primary N) is 1. The van der Waals surface area contributed by atoms with Crippen LogP contribution in [0.25, 0.3) is 0 Å². The summed E-state index contributed by atoms with van der Waals surface area (Å²) >= 11 is 1.58. The molecule has 0 aromatic carbocycles. The first-order valence-corrected chi connectivity index (χ1v) is 6.42. The normalized spacial score (nSPS) is 13.0. The molecule has 2 amide bonds. The second kappa shape index (κ2) is 6.62. The Bertz CT molecular complexity index is 251. The van der Waals surface area contributed by atoms with Gasteiger partial charge in [-0.15, -0.1) is 0 Å². The van der Waals surface area contributed by atoms with Gasteiger partial charge in [0.15, 0.2) is 6.10 Å². The van der Waals surface area contributed by atoms with Crippen LogP contribution in [-0.2, 0) is 9.53 Å². The fourth-order valence-corrected chi connectivity index (χ4v) is 1.51. The molecule has 0 bridgehead atoms. The zero-order valence-electron chi connectivity index (χ0n) is 10.2. The fraction of sp³-hybridized carbons (Fsp3) is 0.800. The van der Waals surface area contributed by atoms with E-state index in [0.29, 0.717) is 6.42 Å². The highest BCUT2D eigenvalue weighted by atomic mass is 32.2. The standard InChI is InChI=1S/C10H20N2O3S/c1-10(2,3)12-8(13)7(5-6-16-4)15-9(11)14/h7H,5-6H2,1-4H3,(H2,11,14)(H,12,13). The molecule has 94 valence electrons. The lowest BCUT2D eigenvalue weighted by molar-refractivity contribution is -0.131. The number of rotatable bonds is 5. The molecule has 0 spiro atoms. The Morgan fingerprint density at radius 1 is 1.44 bits per heavy atom. The highest BCUT2D eigenvalue weighted by Crippen LogP contribution is 2.07. The maximum absolute atomic E-state index is 11.7. The van der Waals surface area contributed by atoms with Crippen molar-refractivity contribution >= 4 is 23.8 Å². The summed E-state index contributed by atoms with van der Waals surface area (Å²) in [5.41, 5.74) is 4.57. The second-order valence-electron chi connectivity index (χ2n) is 4.45. The van der Waals surface area contributed by atoms with Gasteiger partial charge < -0.3 is 15.8 Å². The average molecular weight is 248 g/mol. The molecule has 0 aliphatic heterocycles. The molecule has 3 N–H and O–H groups in total. The summed E-state index contributed by atoms with van der Waals surface area (Å²) in [5.74, 6) is 0.426. The van der Waals surface area contributed by atoms with E-state index in [1.165, 1.54) is 0 Å². The van der Waals surface area contributed by atoms with E-state index < -0.39 is 12.2 Å². The molecule has 1 unspecified atom stereocenters. The molecule has 0 saturated heterocycles. The first-order chi connectivity index (χ1) is 7.26. The third kappa shape index (κ3) is 7.39. The molecule has 0 rings (SSSR count). The summed E-state index contributed by atoms with van der Waals surface area (Å²) in [6, 6.07) is 0. The van der Waals surface area contributed by atoms with Crippen molar-refractivity contribution in [2.24, 2.45) is 5.73 Å². The van der Waals surface area contributed by atoms with Crippen LogP contribution >= 0.6 is 11.8 Å². The Balaban J connectivity index is 4.37. The predicted octanol–water partition coefficient (Wildman–Crippen LogP) is 1.12. The predicted molar refractivity (Wildman–Crippen MR) is 65.4 cm³/mol. The largest absolute Gasteiger partial charge is 0.436 e. The Hall–Kier alpha value is -0.910. The maximum atomic E-state index is 11.7. The molecule has 0 aliphatic carbocycles. The number of carbonyl (C=O) groups is 2. The van der Waals surface area contributed by atoms with Crippen molar-refractivity contribution in [3.63, 3.8) is 0 Å². The number of nitrogens with one attached hydrogen (secondary N) is 1. The lowest BCUT2D eigenvalue weighted by Crippen LogP contribution is -2.47. The zero-order chi connectivity index (χ0) is 12.8. The number of carbonyl (C=O) groups excluding carboxylic acids is 2. The number of amides is 2. The zero-order valence-corrected chi connectivity index (χ0v) is 11.0. The van der Waals surface area contributed by atoms with Crippen LogP contribution in [0.1, 0.15) is 27.2 Å². The Kier molecular flexibility index (Phi) is 6.25. The van der Waals surface area contributed by atoms with E-state index >= 15 is 0 Å². The van der Waals surface area contributed by atoms with Crippen LogP contribution in [-0.4, -0.2) is 35.7 Å². The van der Waals surface area contributed by atoms with Gasteiger partial charge in [0, 0.05) is 12.0 Å². The first-order valence-electron chi connectivity index (χ1n) is 5.03. The van der Waals surface area contributed by atoms with Gasteiger partial charge in [-0.05, 0) is 32.8 Å². The summed E-state index contributed by atoms with van der Waals surface area (Å²) in [5, 5.41) is 2.75. The van der Waals surface area contributed by atoms with E-state index in [1.54, 1.807) is 11.8 Å². The van der Waals surface area contributed by atoms with Gasteiger partial charge in [0.05, 0.1) is 0 Å². The second-order valence-corrected chi connectivity index (χ2v) is 5.43. The molecule has 6 heteroatoms. The van der Waals surface area contributed by atoms with Crippen LogP contribution in [0.4, 0.5) is 4.79 Å². The van der Waals surface area contributed by atoms with E-state index in [-0.39, 0.29) is 11.4 Å². The fourth-order valence-electron chi connectivity index (χ4n) is 1.06. The molecule has 0 aromatic rings. The van der Waals surface area contributed by atoms with Crippen molar-refractivity contribution in [3.05, 3.63) is 0 Å². The summed E-state index contributed by atoms with van der Waals surface area (Å²) in [7, 11) is 0. The summed E-state index contributed by atoms with van der Waals surface area (Å²) < 4.78 is 4.77. The third-order valence-corrected chi connectivity index (χ3v) is 2.28. The van der Waals surface area contributed by atoms with Crippen molar-refractivity contribution in [3.8, 4) is 0 Å². The highest BCUT2D eigenvalue weighted by molar-refractivity contribution is 7.98. The summed E-state index contributed by atoms with van der Waals surface area (Å²) in [6.07, 6.45) is 0.661. The molecule has 0 fully saturated rings. The van der Waals surface area contributed by atoms with Gasteiger partial charge in [-0.25, -0.2) is 4.79 Å². The molecule has 0 aromatic heterocycles. The number of ether oxygens (including phenoxy) is 1. The number of hydrogen-bond donors (Lipinski definition) is 2. The van der Waals surface area contributed by atoms with Crippen LogP contribution in [0.3, 0.4) is 0 Å². The van der Waals surface area contributed by atoms with Crippen LogP contribution in [0.15, 0.2) is 0 Å². The minimum Gasteiger partial charge on any atom is -0.436 e. The van der Waals surface area contributed by atoms with E-state index in [0.717, 1.165) is 5.75 Å². The van der Waals surface area contributed by atoms with Gasteiger partial charge in [-0.3, -0.25) is 4.79 Å². The van der Waals surface area contributed by atoms with Crippen LogP contribution in [0.2, 0.25) is 0 Å². The lowest BCUT2D eigenvalue weighted by atomic mass is 10.1. The van der Waals surface area contributed by atoms with E-state index in [2.05, 4.69) is 5.32 Å². The van der Waals surface area contributed by atoms with Crippen molar-refractivity contribution < 1.29 is 14.3 Å². The van der Waals surface area contributed by atoms with Crippen LogP contribution in [0, 0.1) is 0 Å². The van der Waals surface area contributed by atoms with Crippen LogP contribution in [0.5, 0.6) is 0 Å². The van der Waals surface area contributed by atoms with Gasteiger partial charge in [-0.2, -0.15) is 11.8 Å². The van der Waals surface area contributed by atoms with Crippen molar-refractivity contribution in [2.75, 3.05) is 12.0 Å². The SMILES string of the molecule is CSCCC(OC(N)=O)C(=O)NC(C)(C)C. The van der Waals surface area contributed by atoms with Gasteiger partial charge in [-0.1, -0.05) is 0 Å². The molecule has 0 radical (unpaired) electrons. The van der Waals surface area contributed by atoms with Crippen molar-refractivity contribution in [1.82, 2.24) is 5.32 Å².